The molecule has 1 atom stereocenters. The maximum atomic E-state index is 14.4. The molecule has 4 heterocycles. The molecular formula is C31H29F4N7O3. The van der Waals surface area contributed by atoms with E-state index in [1.54, 1.807) is 6.07 Å². The van der Waals surface area contributed by atoms with Gasteiger partial charge in [0.15, 0.2) is 23.3 Å². The van der Waals surface area contributed by atoms with Crippen LogP contribution in [0.25, 0.3) is 22.4 Å². The predicted molar refractivity (Wildman–Crippen MR) is 159 cm³/mol. The van der Waals surface area contributed by atoms with Crippen LogP contribution in [0.4, 0.5) is 23.2 Å². The van der Waals surface area contributed by atoms with Crippen molar-refractivity contribution in [2.45, 2.75) is 45.0 Å². The molecule has 1 amide bonds. The number of benzene rings is 2. The number of nitrogens with zero attached hydrogens (tertiary/aromatic N) is 4. The highest BCUT2D eigenvalue weighted by atomic mass is 19.2. The Labute approximate surface area is 254 Å². The molecule has 2 aromatic heterocycles. The molecule has 0 spiro atoms. The number of imidazole rings is 1. The third kappa shape index (κ3) is 5.51. The van der Waals surface area contributed by atoms with Gasteiger partial charge in [0.1, 0.15) is 11.4 Å². The molecule has 10 nitrogen and oxygen atoms in total. The van der Waals surface area contributed by atoms with Crippen LogP contribution >= 0.6 is 0 Å². The Morgan fingerprint density at radius 1 is 1.16 bits per heavy atom. The third-order valence-corrected chi connectivity index (χ3v) is 8.29. The summed E-state index contributed by atoms with van der Waals surface area (Å²) in [5.74, 6) is -6.26. The standard InChI is InChI=1S/C31H29F4N7O3/c1-15(2)41-8-5-17(6-9-41)42-14-16-10-23-24(11-18(16)31(42)44)40-29(39-23)26-22(4-7-37-30(26)43)38-25(45-36-3)12-19-27(34)20(32)13-21(33)28(19)35/h4,7,10-11,13,17,25H,1,3,5-6,8-9,12,14H2,2H3,(H,39,40)(H2,37,38,43)/t25-/m0/s1. The van der Waals surface area contributed by atoms with E-state index in [-0.39, 0.29) is 35.1 Å². The van der Waals surface area contributed by atoms with Gasteiger partial charge in [-0.2, -0.15) is 0 Å². The lowest BCUT2D eigenvalue weighted by molar-refractivity contribution is 0.0622. The second-order valence-electron chi connectivity index (χ2n) is 11.1. The topological polar surface area (TPSA) is 119 Å². The minimum Gasteiger partial charge on any atom is -0.375 e. The van der Waals surface area contributed by atoms with E-state index < -0.39 is 47.0 Å². The third-order valence-electron chi connectivity index (χ3n) is 8.29. The molecule has 0 unspecified atom stereocenters. The number of piperidine rings is 1. The maximum absolute atomic E-state index is 14.4. The van der Waals surface area contributed by atoms with E-state index in [1.165, 1.54) is 12.3 Å². The highest BCUT2D eigenvalue weighted by molar-refractivity contribution is 6.02. The van der Waals surface area contributed by atoms with Crippen LogP contribution in [0.2, 0.25) is 0 Å². The van der Waals surface area contributed by atoms with Gasteiger partial charge in [-0.3, -0.25) is 9.59 Å². The molecule has 14 heteroatoms. The van der Waals surface area contributed by atoms with E-state index in [4.69, 9.17) is 4.84 Å². The van der Waals surface area contributed by atoms with Crippen LogP contribution in [0.5, 0.6) is 0 Å². The van der Waals surface area contributed by atoms with Crippen molar-refractivity contribution < 1.29 is 27.2 Å². The predicted octanol–water partition coefficient (Wildman–Crippen LogP) is 5.04. The van der Waals surface area contributed by atoms with Crippen LogP contribution in [0.1, 0.15) is 41.3 Å². The van der Waals surface area contributed by atoms with Crippen molar-refractivity contribution in [2.75, 3.05) is 18.4 Å². The summed E-state index contributed by atoms with van der Waals surface area (Å²) < 4.78 is 56.4. The zero-order valence-corrected chi connectivity index (χ0v) is 24.2. The minimum atomic E-state index is -1.59. The van der Waals surface area contributed by atoms with Gasteiger partial charge in [-0.05, 0) is 43.5 Å². The minimum absolute atomic E-state index is 0.00936. The number of pyridine rings is 1. The Balaban J connectivity index is 1.28. The first-order valence-corrected chi connectivity index (χ1v) is 14.2. The quantitative estimate of drug-likeness (QED) is 0.0791. The normalized spacial score (nSPS) is 15.8. The van der Waals surface area contributed by atoms with Crippen LogP contribution in [0.3, 0.4) is 0 Å². The smallest absolute Gasteiger partial charge is 0.261 e. The number of carbonyl (C=O) groups is 1. The number of nitrogens with one attached hydrogen (secondary N) is 3. The number of amides is 1. The van der Waals surface area contributed by atoms with E-state index in [1.807, 2.05) is 17.9 Å². The van der Waals surface area contributed by atoms with Gasteiger partial charge < -0.3 is 29.9 Å². The number of allylic oxidation sites excluding steroid dienone is 1. The van der Waals surface area contributed by atoms with Crippen LogP contribution < -0.4 is 10.9 Å². The van der Waals surface area contributed by atoms with Crippen LogP contribution in [0.15, 0.2) is 52.7 Å². The monoisotopic (exact) mass is 623 g/mol. The zero-order valence-electron chi connectivity index (χ0n) is 24.2. The number of fused-ring (bicyclic) bond motifs is 2. The number of hydrogen-bond donors (Lipinski definition) is 3. The van der Waals surface area contributed by atoms with Crippen LogP contribution in [-0.2, 0) is 17.8 Å². The molecule has 1 saturated heterocycles. The number of oxime groups is 1. The first-order valence-electron chi connectivity index (χ1n) is 14.2. The lowest BCUT2D eigenvalue weighted by atomic mass is 10.0. The molecule has 2 aliphatic rings. The number of likely N-dealkylation sites (tertiary alicyclic amines) is 1. The molecule has 3 N–H and O–H groups in total. The number of rotatable bonds is 9. The Morgan fingerprint density at radius 2 is 1.87 bits per heavy atom. The van der Waals surface area contributed by atoms with E-state index in [9.17, 15) is 27.2 Å². The summed E-state index contributed by atoms with van der Waals surface area (Å²) in [4.78, 5) is 45.9. The van der Waals surface area contributed by atoms with E-state index in [0.29, 0.717) is 23.1 Å². The highest BCUT2D eigenvalue weighted by Gasteiger charge is 2.35. The van der Waals surface area contributed by atoms with Crippen molar-refractivity contribution in [3.05, 3.63) is 93.1 Å². The average molecular weight is 624 g/mol. The SMILES string of the molecule is C=NO[C@@H](Cc1c(F)c(F)cc(F)c1F)Nc1cc[nH]c(=O)c1-c1nc2cc3c(cc2[nH]1)CN(C1CCN(C(=C)C)CC1)C3=O. The molecular weight excluding hydrogens is 594 g/mol. The number of anilines is 1. The molecule has 0 saturated carbocycles. The van der Waals surface area contributed by atoms with Gasteiger partial charge in [-0.25, -0.2) is 22.5 Å². The van der Waals surface area contributed by atoms with Gasteiger partial charge in [0, 0.05) is 67.9 Å². The molecule has 0 aliphatic carbocycles. The number of aromatic nitrogens is 3. The van der Waals surface area contributed by atoms with E-state index in [0.717, 1.165) is 37.2 Å². The second-order valence-corrected chi connectivity index (χ2v) is 11.1. The first-order chi connectivity index (χ1) is 21.5. The van der Waals surface area contributed by atoms with Crippen molar-refractivity contribution in [3.63, 3.8) is 0 Å². The van der Waals surface area contributed by atoms with Crippen molar-refractivity contribution in [3.8, 4) is 11.4 Å². The fraction of sp³-hybridized carbons (Fsp3) is 0.290. The van der Waals surface area contributed by atoms with Gasteiger partial charge in [0.2, 0.25) is 6.23 Å². The highest BCUT2D eigenvalue weighted by Crippen LogP contribution is 2.33. The molecule has 6 rings (SSSR count). The first kappa shape index (κ1) is 29.9. The molecule has 2 aliphatic heterocycles. The van der Waals surface area contributed by atoms with Crippen LogP contribution in [-0.4, -0.2) is 62.7 Å². The maximum Gasteiger partial charge on any atom is 0.261 e. The summed E-state index contributed by atoms with van der Waals surface area (Å²) >= 11 is 0. The van der Waals surface area contributed by atoms with Gasteiger partial charge in [-0.1, -0.05) is 6.58 Å². The number of H-pyrrole nitrogens is 2. The fourth-order valence-electron chi connectivity index (χ4n) is 6.01. The van der Waals surface area contributed by atoms with E-state index in [2.05, 4.69) is 43.6 Å². The summed E-state index contributed by atoms with van der Waals surface area (Å²) in [6, 6.07) is 5.20. The van der Waals surface area contributed by atoms with Crippen molar-refractivity contribution in [1.29, 1.82) is 0 Å². The van der Waals surface area contributed by atoms with Crippen molar-refractivity contribution in [1.82, 2.24) is 24.8 Å². The van der Waals surface area contributed by atoms with E-state index >= 15 is 0 Å². The number of hydrogen-bond acceptors (Lipinski definition) is 7. The summed E-state index contributed by atoms with van der Waals surface area (Å²) in [5.41, 5.74) is 2.06. The Bertz CT molecular complexity index is 1870. The number of carbonyl (C=O) groups excluding carboxylic acids is 1. The molecule has 0 radical (unpaired) electrons. The van der Waals surface area contributed by atoms with Gasteiger partial charge in [-0.15, -0.1) is 5.16 Å². The van der Waals surface area contributed by atoms with Gasteiger partial charge in [0.25, 0.3) is 11.5 Å². The van der Waals surface area contributed by atoms with Gasteiger partial charge in [0.05, 0.1) is 16.7 Å². The zero-order chi connectivity index (χ0) is 32.0. The summed E-state index contributed by atoms with van der Waals surface area (Å²) in [6.45, 7) is 11.3. The summed E-state index contributed by atoms with van der Waals surface area (Å²) in [7, 11) is 0. The van der Waals surface area contributed by atoms with Crippen molar-refractivity contribution in [2.24, 2.45) is 5.16 Å². The molecule has 2 aromatic carbocycles. The molecule has 45 heavy (non-hydrogen) atoms. The Kier molecular flexibility index (Phi) is 7.81. The number of halogens is 4. The Hall–Kier alpha value is -5.14. The Morgan fingerprint density at radius 3 is 2.53 bits per heavy atom. The van der Waals surface area contributed by atoms with Crippen LogP contribution in [0, 0.1) is 23.3 Å². The molecule has 234 valence electrons. The molecule has 4 aromatic rings. The largest absolute Gasteiger partial charge is 0.375 e. The fourth-order valence-corrected chi connectivity index (χ4v) is 6.01. The molecule has 1 fully saturated rings. The van der Waals surface area contributed by atoms with Crippen molar-refractivity contribution >= 4 is 29.3 Å². The average Bonchev–Trinajstić information content (AvgIpc) is 3.57. The summed E-state index contributed by atoms with van der Waals surface area (Å²) in [5, 5.41) is 6.08. The molecule has 0 bridgehead atoms. The number of aromatic amines is 2. The van der Waals surface area contributed by atoms with Gasteiger partial charge >= 0.3 is 0 Å². The lowest BCUT2D eigenvalue weighted by Crippen LogP contribution is -2.44. The summed E-state index contributed by atoms with van der Waals surface area (Å²) in [6.07, 6.45) is 0.904. The second kappa shape index (κ2) is 11.7. The lowest BCUT2D eigenvalue weighted by Gasteiger charge is -2.37.